The summed E-state index contributed by atoms with van der Waals surface area (Å²) in [5, 5.41) is 4.65. The van der Waals surface area contributed by atoms with Crippen molar-refractivity contribution in [3.63, 3.8) is 0 Å². The molecule has 26 heavy (non-hydrogen) atoms. The average molecular weight is 356 g/mol. The van der Waals surface area contributed by atoms with Gasteiger partial charge in [-0.05, 0) is 54.6 Å². The first-order valence-corrected chi connectivity index (χ1v) is 9.90. The first-order chi connectivity index (χ1) is 12.4. The SMILES string of the molecule is CCc1ccc(CC[C@@H]2CCC(C)(C)[C@H](OC)[C@H]2c2ncn(C)n2)cc1. The quantitative estimate of drug-likeness (QED) is 0.763. The number of nitrogens with zero attached hydrogens (tertiary/aromatic N) is 3. The number of methoxy groups -OCH3 is 1. The third-order valence-corrected chi connectivity index (χ3v) is 6.17. The van der Waals surface area contributed by atoms with Gasteiger partial charge in [0, 0.05) is 14.2 Å². The second-order valence-corrected chi connectivity index (χ2v) is 8.45. The number of rotatable bonds is 6. The van der Waals surface area contributed by atoms with Gasteiger partial charge in [0.25, 0.3) is 0 Å². The first-order valence-electron chi connectivity index (χ1n) is 9.90. The molecule has 1 aliphatic carbocycles. The van der Waals surface area contributed by atoms with E-state index in [1.165, 1.54) is 24.0 Å². The van der Waals surface area contributed by atoms with Gasteiger partial charge in [0.2, 0.25) is 0 Å². The summed E-state index contributed by atoms with van der Waals surface area (Å²) in [6.45, 7) is 6.84. The molecule has 0 aliphatic heterocycles. The van der Waals surface area contributed by atoms with Crippen LogP contribution in [0.4, 0.5) is 0 Å². The van der Waals surface area contributed by atoms with Crippen molar-refractivity contribution >= 4 is 0 Å². The van der Waals surface area contributed by atoms with E-state index in [1.54, 1.807) is 0 Å². The average Bonchev–Trinajstić information content (AvgIpc) is 3.06. The number of hydrogen-bond donors (Lipinski definition) is 0. The van der Waals surface area contributed by atoms with E-state index in [-0.39, 0.29) is 17.4 Å². The molecule has 1 aliphatic rings. The maximum atomic E-state index is 6.01. The largest absolute Gasteiger partial charge is 0.380 e. The Bertz CT molecular complexity index is 704. The Morgan fingerprint density at radius 1 is 1.19 bits per heavy atom. The molecule has 0 radical (unpaired) electrons. The lowest BCUT2D eigenvalue weighted by atomic mass is 9.63. The predicted molar refractivity (Wildman–Crippen MR) is 105 cm³/mol. The minimum atomic E-state index is 0.151. The Morgan fingerprint density at radius 3 is 2.46 bits per heavy atom. The van der Waals surface area contributed by atoms with Crippen molar-refractivity contribution in [3.05, 3.63) is 47.5 Å². The van der Waals surface area contributed by atoms with E-state index in [2.05, 4.69) is 55.1 Å². The highest BCUT2D eigenvalue weighted by atomic mass is 16.5. The fourth-order valence-electron chi connectivity index (χ4n) is 4.55. The van der Waals surface area contributed by atoms with Gasteiger partial charge in [0.15, 0.2) is 5.82 Å². The Morgan fingerprint density at radius 2 is 1.88 bits per heavy atom. The van der Waals surface area contributed by atoms with Crippen molar-refractivity contribution in [1.29, 1.82) is 0 Å². The molecule has 1 heterocycles. The summed E-state index contributed by atoms with van der Waals surface area (Å²) in [5.41, 5.74) is 2.98. The Balaban J connectivity index is 1.78. The van der Waals surface area contributed by atoms with Gasteiger partial charge in [-0.25, -0.2) is 4.98 Å². The summed E-state index contributed by atoms with van der Waals surface area (Å²) in [6.07, 6.45) is 7.73. The van der Waals surface area contributed by atoms with Crippen LogP contribution in [-0.4, -0.2) is 28.0 Å². The summed E-state index contributed by atoms with van der Waals surface area (Å²) in [6, 6.07) is 9.09. The Kier molecular flexibility index (Phi) is 5.81. The Hall–Kier alpha value is -1.68. The maximum Gasteiger partial charge on any atom is 0.156 e. The smallest absolute Gasteiger partial charge is 0.156 e. The van der Waals surface area contributed by atoms with E-state index in [0.717, 1.165) is 25.1 Å². The van der Waals surface area contributed by atoms with Gasteiger partial charge in [0.05, 0.1) is 12.0 Å². The van der Waals surface area contributed by atoms with Gasteiger partial charge < -0.3 is 4.74 Å². The zero-order valence-corrected chi connectivity index (χ0v) is 16.9. The minimum Gasteiger partial charge on any atom is -0.380 e. The fourth-order valence-corrected chi connectivity index (χ4v) is 4.55. The normalized spacial score (nSPS) is 25.3. The first kappa shape index (κ1) is 19.1. The molecule has 1 saturated carbocycles. The van der Waals surface area contributed by atoms with Crippen molar-refractivity contribution in [3.8, 4) is 0 Å². The van der Waals surface area contributed by atoms with Crippen LogP contribution >= 0.6 is 0 Å². The molecular weight excluding hydrogens is 322 g/mol. The summed E-state index contributed by atoms with van der Waals surface area (Å²) in [7, 11) is 3.78. The van der Waals surface area contributed by atoms with Gasteiger partial charge in [-0.2, -0.15) is 5.10 Å². The lowest BCUT2D eigenvalue weighted by Gasteiger charge is -2.46. The number of benzene rings is 1. The summed E-state index contributed by atoms with van der Waals surface area (Å²) < 4.78 is 7.82. The van der Waals surface area contributed by atoms with Gasteiger partial charge in [0.1, 0.15) is 6.33 Å². The molecule has 142 valence electrons. The number of ether oxygens (including phenoxy) is 1. The van der Waals surface area contributed by atoms with Crippen LogP contribution in [0.15, 0.2) is 30.6 Å². The molecular formula is C22H33N3O. The third-order valence-electron chi connectivity index (χ3n) is 6.17. The van der Waals surface area contributed by atoms with Crippen molar-refractivity contribution in [2.45, 2.75) is 64.9 Å². The van der Waals surface area contributed by atoms with E-state index in [9.17, 15) is 0 Å². The van der Waals surface area contributed by atoms with E-state index in [0.29, 0.717) is 5.92 Å². The standard InChI is InChI=1S/C22H33N3O/c1-6-16-7-9-17(10-8-16)11-12-18-13-14-22(2,3)20(26-5)19(18)21-23-15-25(4)24-21/h7-10,15,18-20H,6,11-14H2,1-5H3/t18-,19+,20-/m1/s1. The molecule has 2 aromatic rings. The highest BCUT2D eigenvalue weighted by Crippen LogP contribution is 2.48. The van der Waals surface area contributed by atoms with Gasteiger partial charge in [-0.3, -0.25) is 4.68 Å². The molecule has 1 aromatic carbocycles. The van der Waals surface area contributed by atoms with Crippen molar-refractivity contribution in [2.75, 3.05) is 7.11 Å². The fraction of sp³-hybridized carbons (Fsp3) is 0.636. The zero-order chi connectivity index (χ0) is 18.7. The van der Waals surface area contributed by atoms with Crippen LogP contribution in [-0.2, 0) is 24.6 Å². The predicted octanol–water partition coefficient (Wildman–Crippen LogP) is 4.55. The summed E-state index contributed by atoms with van der Waals surface area (Å²) >= 11 is 0. The van der Waals surface area contributed by atoms with Crippen molar-refractivity contribution < 1.29 is 4.74 Å². The second kappa shape index (κ2) is 7.91. The Labute approximate surface area is 158 Å². The topological polar surface area (TPSA) is 39.9 Å². The van der Waals surface area contributed by atoms with Crippen LogP contribution < -0.4 is 0 Å². The highest BCUT2D eigenvalue weighted by Gasteiger charge is 2.46. The van der Waals surface area contributed by atoms with Crippen LogP contribution in [0.3, 0.4) is 0 Å². The molecule has 1 fully saturated rings. The van der Waals surface area contributed by atoms with Crippen molar-refractivity contribution in [2.24, 2.45) is 18.4 Å². The van der Waals surface area contributed by atoms with Crippen LogP contribution in [0.25, 0.3) is 0 Å². The lowest BCUT2D eigenvalue weighted by Crippen LogP contribution is -2.44. The van der Waals surface area contributed by atoms with Crippen LogP contribution in [0.5, 0.6) is 0 Å². The van der Waals surface area contributed by atoms with Gasteiger partial charge in [-0.1, -0.05) is 45.0 Å². The molecule has 0 amide bonds. The van der Waals surface area contributed by atoms with E-state index < -0.39 is 0 Å². The van der Waals surface area contributed by atoms with Crippen molar-refractivity contribution in [1.82, 2.24) is 14.8 Å². The highest BCUT2D eigenvalue weighted by molar-refractivity contribution is 5.22. The van der Waals surface area contributed by atoms with Crippen LogP contribution in [0, 0.1) is 11.3 Å². The molecule has 0 saturated heterocycles. The summed E-state index contributed by atoms with van der Waals surface area (Å²) in [5.74, 6) is 1.76. The molecule has 1 aromatic heterocycles. The minimum absolute atomic E-state index is 0.151. The third kappa shape index (κ3) is 4.01. The van der Waals surface area contributed by atoms with Gasteiger partial charge >= 0.3 is 0 Å². The molecule has 0 unspecified atom stereocenters. The monoisotopic (exact) mass is 355 g/mol. The number of aromatic nitrogens is 3. The molecule has 4 heteroatoms. The molecule has 0 spiro atoms. The van der Waals surface area contributed by atoms with Crippen LogP contribution in [0.2, 0.25) is 0 Å². The summed E-state index contributed by atoms with van der Waals surface area (Å²) in [4.78, 5) is 4.60. The molecule has 0 N–H and O–H groups in total. The van der Waals surface area contributed by atoms with E-state index >= 15 is 0 Å². The number of hydrogen-bond acceptors (Lipinski definition) is 3. The molecule has 0 bridgehead atoms. The van der Waals surface area contributed by atoms with E-state index in [1.807, 2.05) is 25.2 Å². The van der Waals surface area contributed by atoms with Gasteiger partial charge in [-0.15, -0.1) is 0 Å². The lowest BCUT2D eigenvalue weighted by molar-refractivity contribution is -0.0614. The maximum absolute atomic E-state index is 6.01. The second-order valence-electron chi connectivity index (χ2n) is 8.45. The zero-order valence-electron chi connectivity index (χ0n) is 16.9. The van der Waals surface area contributed by atoms with Crippen LogP contribution in [0.1, 0.15) is 62.9 Å². The van der Waals surface area contributed by atoms with E-state index in [4.69, 9.17) is 4.74 Å². The molecule has 4 nitrogen and oxygen atoms in total. The molecule has 3 atom stereocenters. The molecule has 3 rings (SSSR count). The number of aryl methyl sites for hydroxylation is 3.